The van der Waals surface area contributed by atoms with Gasteiger partial charge in [-0.25, -0.2) is 0 Å². The molecular weight excluding hydrogens is 205 g/mol. The zero-order chi connectivity index (χ0) is 10.1. The van der Waals surface area contributed by atoms with Gasteiger partial charge in [-0.2, -0.15) is 13.2 Å². The lowest BCUT2D eigenvalue weighted by Crippen LogP contribution is -2.29. The van der Waals surface area contributed by atoms with Crippen LogP contribution in [0.4, 0.5) is 13.2 Å². The molecule has 1 rings (SSSR count). The van der Waals surface area contributed by atoms with Crippen molar-refractivity contribution in [3.05, 3.63) is 0 Å². The van der Waals surface area contributed by atoms with Crippen LogP contribution in [0.2, 0.25) is 0 Å². The molecule has 0 bridgehead atoms. The molecule has 1 nitrogen and oxygen atoms in total. The van der Waals surface area contributed by atoms with Gasteiger partial charge in [0.1, 0.15) is 0 Å². The maximum Gasteiger partial charge on any atom is 0.391 e. The highest BCUT2D eigenvalue weighted by Crippen LogP contribution is 2.39. The molecule has 0 unspecified atom stereocenters. The fourth-order valence-electron chi connectivity index (χ4n) is 1.65. The van der Waals surface area contributed by atoms with Gasteiger partial charge in [0.05, 0.1) is 5.92 Å². The van der Waals surface area contributed by atoms with Crippen molar-refractivity contribution in [3.63, 3.8) is 0 Å². The third-order valence-corrected chi connectivity index (χ3v) is 2.82. The normalized spacial score (nSPS) is 30.2. The van der Waals surface area contributed by atoms with Gasteiger partial charge in [0.2, 0.25) is 5.24 Å². The van der Waals surface area contributed by atoms with E-state index in [0.29, 0.717) is 0 Å². The second-order valence-electron chi connectivity index (χ2n) is 3.39. The molecule has 0 amide bonds. The largest absolute Gasteiger partial charge is 0.391 e. The number of hydrogen-bond donors (Lipinski definition) is 0. The predicted octanol–water partition coefficient (Wildman–Crippen LogP) is 3.12. The molecule has 0 aliphatic heterocycles. The van der Waals surface area contributed by atoms with Crippen LogP contribution >= 0.6 is 11.6 Å². The van der Waals surface area contributed by atoms with Crippen LogP contribution < -0.4 is 0 Å². The number of carbonyl (C=O) groups excluding carboxylic acids is 1. The summed E-state index contributed by atoms with van der Waals surface area (Å²) in [5.74, 6) is -1.60. The minimum atomic E-state index is -4.11. The average molecular weight is 215 g/mol. The van der Waals surface area contributed by atoms with Crippen LogP contribution in [0, 0.1) is 11.8 Å². The van der Waals surface area contributed by atoms with E-state index in [1.54, 1.807) is 0 Å². The van der Waals surface area contributed by atoms with Gasteiger partial charge in [0.25, 0.3) is 0 Å². The number of hydrogen-bond acceptors (Lipinski definition) is 1. The molecule has 0 aromatic carbocycles. The van der Waals surface area contributed by atoms with Crippen molar-refractivity contribution >= 4 is 16.8 Å². The van der Waals surface area contributed by atoms with Gasteiger partial charge in [-0.3, -0.25) is 4.79 Å². The first-order chi connectivity index (χ1) is 5.91. The lowest BCUT2D eigenvalue weighted by molar-refractivity contribution is -0.184. The van der Waals surface area contributed by atoms with Crippen molar-refractivity contribution in [1.82, 2.24) is 0 Å². The maximum atomic E-state index is 12.2. The van der Waals surface area contributed by atoms with Crippen molar-refractivity contribution in [1.29, 1.82) is 0 Å². The average Bonchev–Trinajstić information content (AvgIpc) is 2.03. The summed E-state index contributed by atoms with van der Waals surface area (Å²) in [6.07, 6.45) is -3.50. The smallest absolute Gasteiger partial charge is 0.281 e. The maximum absolute atomic E-state index is 12.2. The topological polar surface area (TPSA) is 17.1 Å². The standard InChI is InChI=1S/C8H10ClF3O/c9-7(13)5-1-3-6(4-2-5)8(10,11)12/h5-6H,1-4H2. The van der Waals surface area contributed by atoms with Crippen LogP contribution in [0.1, 0.15) is 25.7 Å². The molecule has 0 radical (unpaired) electrons. The summed E-state index contributed by atoms with van der Waals surface area (Å²) in [6, 6.07) is 0. The summed E-state index contributed by atoms with van der Waals surface area (Å²) in [5, 5.41) is -0.499. The van der Waals surface area contributed by atoms with Crippen molar-refractivity contribution in [2.75, 3.05) is 0 Å². The molecule has 1 aliphatic rings. The summed E-state index contributed by atoms with van der Waals surface area (Å²) in [4.78, 5) is 10.6. The van der Waals surface area contributed by atoms with Crippen molar-refractivity contribution < 1.29 is 18.0 Å². The van der Waals surface area contributed by atoms with Gasteiger partial charge in [0, 0.05) is 5.92 Å². The van der Waals surface area contributed by atoms with Crippen LogP contribution in [-0.4, -0.2) is 11.4 Å². The van der Waals surface area contributed by atoms with Gasteiger partial charge < -0.3 is 0 Å². The van der Waals surface area contributed by atoms with Gasteiger partial charge in [-0.15, -0.1) is 0 Å². The zero-order valence-electron chi connectivity index (χ0n) is 6.90. The number of halogens is 4. The Morgan fingerprint density at radius 1 is 1.15 bits per heavy atom. The molecule has 0 heterocycles. The Morgan fingerprint density at radius 3 is 1.92 bits per heavy atom. The monoisotopic (exact) mass is 214 g/mol. The van der Waals surface area contributed by atoms with E-state index in [0.717, 1.165) is 0 Å². The second-order valence-corrected chi connectivity index (χ2v) is 3.77. The highest BCUT2D eigenvalue weighted by atomic mass is 35.5. The highest BCUT2D eigenvalue weighted by Gasteiger charge is 2.42. The third kappa shape index (κ3) is 2.86. The molecule has 1 saturated carbocycles. The molecule has 5 heteroatoms. The zero-order valence-corrected chi connectivity index (χ0v) is 7.66. The molecule has 13 heavy (non-hydrogen) atoms. The molecule has 0 saturated heterocycles. The van der Waals surface area contributed by atoms with E-state index in [1.165, 1.54) is 0 Å². The van der Waals surface area contributed by atoms with Crippen LogP contribution in [0.3, 0.4) is 0 Å². The summed E-state index contributed by atoms with van der Waals surface area (Å²) in [6.45, 7) is 0. The number of carbonyl (C=O) groups is 1. The molecule has 0 aromatic rings. The van der Waals surface area contributed by atoms with Crippen molar-refractivity contribution in [3.8, 4) is 0 Å². The predicted molar refractivity (Wildman–Crippen MR) is 42.4 cm³/mol. The van der Waals surface area contributed by atoms with Gasteiger partial charge >= 0.3 is 6.18 Å². The molecule has 1 fully saturated rings. The quantitative estimate of drug-likeness (QED) is 0.613. The van der Waals surface area contributed by atoms with Crippen molar-refractivity contribution in [2.45, 2.75) is 31.9 Å². The van der Waals surface area contributed by atoms with Gasteiger partial charge in [-0.1, -0.05) is 0 Å². The summed E-state index contributed by atoms with van der Waals surface area (Å²) in [5.41, 5.74) is 0. The van der Waals surface area contributed by atoms with Crippen LogP contribution in [0.15, 0.2) is 0 Å². The van der Waals surface area contributed by atoms with E-state index in [1.807, 2.05) is 0 Å². The van der Waals surface area contributed by atoms with E-state index in [4.69, 9.17) is 11.6 Å². The van der Waals surface area contributed by atoms with E-state index >= 15 is 0 Å². The van der Waals surface area contributed by atoms with E-state index in [2.05, 4.69) is 0 Å². The van der Waals surface area contributed by atoms with Crippen LogP contribution in [0.5, 0.6) is 0 Å². The summed E-state index contributed by atoms with van der Waals surface area (Å²) < 4.78 is 36.5. The fourth-order valence-corrected chi connectivity index (χ4v) is 1.87. The first kappa shape index (κ1) is 10.8. The number of rotatable bonds is 1. The molecule has 76 valence electrons. The Hall–Kier alpha value is -0.250. The van der Waals surface area contributed by atoms with Crippen LogP contribution in [0.25, 0.3) is 0 Å². The third-order valence-electron chi connectivity index (χ3n) is 2.51. The van der Waals surface area contributed by atoms with E-state index in [-0.39, 0.29) is 31.6 Å². The van der Waals surface area contributed by atoms with Gasteiger partial charge in [0.15, 0.2) is 0 Å². The SMILES string of the molecule is O=C(Cl)C1CCC(C(F)(F)F)CC1. The Balaban J connectivity index is 2.44. The lowest BCUT2D eigenvalue weighted by atomic mass is 9.82. The molecule has 0 N–H and O–H groups in total. The first-order valence-electron chi connectivity index (χ1n) is 4.17. The van der Waals surface area contributed by atoms with Crippen molar-refractivity contribution in [2.24, 2.45) is 11.8 Å². The summed E-state index contributed by atoms with van der Waals surface area (Å²) in [7, 11) is 0. The fraction of sp³-hybridized carbons (Fsp3) is 0.875. The summed E-state index contributed by atoms with van der Waals surface area (Å²) >= 11 is 5.20. The Labute approximate surface area is 79.2 Å². The Morgan fingerprint density at radius 2 is 1.62 bits per heavy atom. The number of alkyl halides is 3. The molecule has 1 aliphatic carbocycles. The minimum absolute atomic E-state index is 0.0344. The second kappa shape index (κ2) is 3.86. The Kier molecular flexibility index (Phi) is 3.22. The molecular formula is C8H10ClF3O. The first-order valence-corrected chi connectivity index (χ1v) is 4.55. The molecule has 0 atom stereocenters. The highest BCUT2D eigenvalue weighted by molar-refractivity contribution is 6.63. The minimum Gasteiger partial charge on any atom is -0.281 e. The van der Waals surface area contributed by atoms with Gasteiger partial charge in [-0.05, 0) is 37.3 Å². The van der Waals surface area contributed by atoms with E-state index in [9.17, 15) is 18.0 Å². The molecule has 0 spiro atoms. The van der Waals surface area contributed by atoms with Crippen LogP contribution in [-0.2, 0) is 4.79 Å². The van der Waals surface area contributed by atoms with E-state index < -0.39 is 17.3 Å². The lowest BCUT2D eigenvalue weighted by Gasteiger charge is -2.27. The Bertz CT molecular complexity index is 194. The molecule has 0 aromatic heterocycles.